The Hall–Kier alpha value is -3.56. The summed E-state index contributed by atoms with van der Waals surface area (Å²) in [6, 6.07) is 15.8. The SMILES string of the molecule is O=C(CN1C(=O)c2ccccc2Sc2ccc(C(=O)OCC3CCCO3)cc21)NCc1ccco1. The molecule has 0 spiro atoms. The topological polar surface area (TPSA) is 98.1 Å². The van der Waals surface area contributed by atoms with Gasteiger partial charge in [-0.1, -0.05) is 23.9 Å². The molecule has 5 rings (SSSR count). The average Bonchev–Trinajstić information content (AvgIpc) is 3.58. The predicted octanol–water partition coefficient (Wildman–Crippen LogP) is 4.04. The summed E-state index contributed by atoms with van der Waals surface area (Å²) < 4.78 is 16.2. The lowest BCUT2D eigenvalue weighted by Crippen LogP contribution is -2.40. The number of ether oxygens (including phenoxy) is 2. The number of amides is 2. The molecule has 9 heteroatoms. The lowest BCUT2D eigenvalue weighted by molar-refractivity contribution is -0.120. The number of hydrogen-bond donors (Lipinski definition) is 1. The van der Waals surface area contributed by atoms with Crippen molar-refractivity contribution in [2.75, 3.05) is 24.7 Å². The molecule has 8 nitrogen and oxygen atoms in total. The summed E-state index contributed by atoms with van der Waals surface area (Å²) in [5.41, 5.74) is 1.29. The van der Waals surface area contributed by atoms with Gasteiger partial charge in [0.2, 0.25) is 5.91 Å². The van der Waals surface area contributed by atoms with Crippen molar-refractivity contribution in [2.24, 2.45) is 0 Å². The van der Waals surface area contributed by atoms with Crippen LogP contribution in [0, 0.1) is 0 Å². The number of anilines is 1. The summed E-state index contributed by atoms with van der Waals surface area (Å²) in [6.45, 7) is 0.864. The van der Waals surface area contributed by atoms with Gasteiger partial charge in [0.1, 0.15) is 18.9 Å². The number of furan rings is 1. The van der Waals surface area contributed by atoms with Crippen LogP contribution in [0.4, 0.5) is 5.69 Å². The Kier molecular flexibility index (Phi) is 6.87. The van der Waals surface area contributed by atoms with Gasteiger partial charge in [-0.25, -0.2) is 4.79 Å². The smallest absolute Gasteiger partial charge is 0.338 e. The second-order valence-electron chi connectivity index (χ2n) is 8.26. The maximum Gasteiger partial charge on any atom is 0.338 e. The van der Waals surface area contributed by atoms with E-state index in [1.54, 1.807) is 42.5 Å². The van der Waals surface area contributed by atoms with E-state index < -0.39 is 5.97 Å². The minimum absolute atomic E-state index is 0.0826. The maximum atomic E-state index is 13.5. The van der Waals surface area contributed by atoms with Gasteiger partial charge in [0.15, 0.2) is 0 Å². The third kappa shape index (κ3) is 5.26. The van der Waals surface area contributed by atoms with Crippen LogP contribution in [-0.4, -0.2) is 43.6 Å². The maximum absolute atomic E-state index is 13.5. The number of carbonyl (C=O) groups is 3. The molecule has 1 atom stereocenters. The zero-order valence-electron chi connectivity index (χ0n) is 18.9. The van der Waals surface area contributed by atoms with Crippen molar-refractivity contribution in [2.45, 2.75) is 35.3 Å². The van der Waals surface area contributed by atoms with E-state index in [9.17, 15) is 14.4 Å². The van der Waals surface area contributed by atoms with Gasteiger partial charge in [-0.05, 0) is 55.3 Å². The summed E-state index contributed by atoms with van der Waals surface area (Å²) in [6.07, 6.45) is 3.27. The molecule has 0 aliphatic carbocycles. The normalized spacial score (nSPS) is 16.9. The van der Waals surface area contributed by atoms with Crippen molar-refractivity contribution in [1.29, 1.82) is 0 Å². The van der Waals surface area contributed by atoms with E-state index in [-0.39, 0.29) is 37.6 Å². The first kappa shape index (κ1) is 23.2. The van der Waals surface area contributed by atoms with Gasteiger partial charge >= 0.3 is 5.97 Å². The first-order valence-corrected chi connectivity index (χ1v) is 12.2. The molecule has 2 amide bonds. The van der Waals surface area contributed by atoms with Crippen LogP contribution >= 0.6 is 11.8 Å². The van der Waals surface area contributed by atoms with E-state index in [4.69, 9.17) is 13.9 Å². The molecule has 1 saturated heterocycles. The number of fused-ring (bicyclic) bond motifs is 2. The van der Waals surface area contributed by atoms with Crippen molar-refractivity contribution >= 4 is 35.2 Å². The molecule has 2 aliphatic rings. The van der Waals surface area contributed by atoms with Gasteiger partial charge in [0.25, 0.3) is 5.91 Å². The van der Waals surface area contributed by atoms with Crippen molar-refractivity contribution in [3.63, 3.8) is 0 Å². The van der Waals surface area contributed by atoms with Crippen LogP contribution in [0.2, 0.25) is 0 Å². The molecule has 2 aromatic carbocycles. The highest BCUT2D eigenvalue weighted by molar-refractivity contribution is 7.99. The van der Waals surface area contributed by atoms with E-state index in [2.05, 4.69) is 5.32 Å². The largest absolute Gasteiger partial charge is 0.467 e. The molecule has 3 heterocycles. The minimum atomic E-state index is -0.496. The van der Waals surface area contributed by atoms with Gasteiger partial charge in [-0.15, -0.1) is 0 Å². The second kappa shape index (κ2) is 10.4. The Balaban J connectivity index is 1.40. The van der Waals surface area contributed by atoms with E-state index in [1.807, 2.05) is 12.1 Å². The van der Waals surface area contributed by atoms with Crippen LogP contribution < -0.4 is 10.2 Å². The van der Waals surface area contributed by atoms with Crippen molar-refractivity contribution in [3.05, 3.63) is 77.7 Å². The quantitative estimate of drug-likeness (QED) is 0.497. The number of nitrogens with one attached hydrogen (secondary N) is 1. The van der Waals surface area contributed by atoms with E-state index in [0.29, 0.717) is 29.2 Å². The first-order valence-electron chi connectivity index (χ1n) is 11.4. The fourth-order valence-corrected chi connectivity index (χ4v) is 5.09. The fourth-order valence-electron chi connectivity index (χ4n) is 4.03. The van der Waals surface area contributed by atoms with Crippen molar-refractivity contribution in [1.82, 2.24) is 5.32 Å². The first-order chi connectivity index (χ1) is 17.1. The molecule has 0 bridgehead atoms. The lowest BCUT2D eigenvalue weighted by atomic mass is 10.1. The Morgan fingerprint density at radius 3 is 2.80 bits per heavy atom. The number of hydrogen-bond acceptors (Lipinski definition) is 7. The fraction of sp³-hybridized carbons (Fsp3) is 0.269. The summed E-state index contributed by atoms with van der Waals surface area (Å²) in [5.74, 6) is -0.552. The monoisotopic (exact) mass is 492 g/mol. The van der Waals surface area contributed by atoms with Crippen LogP contribution in [0.5, 0.6) is 0 Å². The van der Waals surface area contributed by atoms with E-state index in [0.717, 1.165) is 22.6 Å². The van der Waals surface area contributed by atoms with E-state index in [1.165, 1.54) is 22.9 Å². The van der Waals surface area contributed by atoms with Crippen molar-refractivity contribution in [3.8, 4) is 0 Å². The van der Waals surface area contributed by atoms with Gasteiger partial charge in [-0.2, -0.15) is 0 Å². The molecule has 1 N–H and O–H groups in total. The average molecular weight is 493 g/mol. The number of carbonyl (C=O) groups excluding carboxylic acids is 3. The molecule has 0 saturated carbocycles. The molecule has 3 aromatic rings. The highest BCUT2D eigenvalue weighted by atomic mass is 32.2. The lowest BCUT2D eigenvalue weighted by Gasteiger charge is -2.23. The second-order valence-corrected chi connectivity index (χ2v) is 9.35. The Morgan fingerprint density at radius 2 is 2.00 bits per heavy atom. The Morgan fingerprint density at radius 1 is 1.11 bits per heavy atom. The molecular formula is C26H24N2O6S. The number of nitrogens with zero attached hydrogens (tertiary/aromatic N) is 1. The molecule has 1 aromatic heterocycles. The van der Waals surface area contributed by atoms with Gasteiger partial charge in [0, 0.05) is 16.4 Å². The standard InChI is InChI=1S/C26H24N2O6S/c29-24(27-14-18-5-3-11-32-18)15-28-21-13-17(26(31)34-16-19-6-4-12-33-19)9-10-23(21)35-22-8-2-1-7-20(22)25(28)30/h1-3,5,7-11,13,19H,4,6,12,14-16H2,(H,27,29). The van der Waals surface area contributed by atoms with Crippen LogP contribution in [0.1, 0.15) is 39.3 Å². The van der Waals surface area contributed by atoms with Crippen LogP contribution in [0.25, 0.3) is 0 Å². The van der Waals surface area contributed by atoms with E-state index >= 15 is 0 Å². The number of rotatable bonds is 7. The van der Waals surface area contributed by atoms with Gasteiger partial charge < -0.3 is 19.2 Å². The summed E-state index contributed by atoms with van der Waals surface area (Å²) in [4.78, 5) is 42.0. The number of esters is 1. The molecular weight excluding hydrogens is 468 g/mol. The summed E-state index contributed by atoms with van der Waals surface area (Å²) >= 11 is 1.42. The Labute approximate surface area is 206 Å². The third-order valence-electron chi connectivity index (χ3n) is 5.83. The summed E-state index contributed by atoms with van der Waals surface area (Å²) in [7, 11) is 0. The third-order valence-corrected chi connectivity index (χ3v) is 6.97. The molecule has 180 valence electrons. The van der Waals surface area contributed by atoms with Crippen LogP contribution in [0.15, 0.2) is 75.1 Å². The molecule has 35 heavy (non-hydrogen) atoms. The summed E-state index contributed by atoms with van der Waals surface area (Å²) in [5, 5.41) is 2.78. The highest BCUT2D eigenvalue weighted by Crippen LogP contribution is 2.41. The molecule has 1 fully saturated rings. The predicted molar refractivity (Wildman–Crippen MR) is 128 cm³/mol. The zero-order valence-corrected chi connectivity index (χ0v) is 19.7. The number of benzene rings is 2. The zero-order chi connectivity index (χ0) is 24.2. The van der Waals surface area contributed by atoms with Gasteiger partial charge in [-0.3, -0.25) is 14.5 Å². The minimum Gasteiger partial charge on any atom is -0.467 e. The van der Waals surface area contributed by atoms with Crippen LogP contribution in [0.3, 0.4) is 0 Å². The highest BCUT2D eigenvalue weighted by Gasteiger charge is 2.30. The molecule has 0 radical (unpaired) electrons. The Bertz CT molecular complexity index is 1240. The van der Waals surface area contributed by atoms with Crippen LogP contribution in [-0.2, 0) is 20.8 Å². The molecule has 2 aliphatic heterocycles. The molecule has 1 unspecified atom stereocenters. The van der Waals surface area contributed by atoms with Gasteiger partial charge in [0.05, 0.1) is 35.7 Å². The van der Waals surface area contributed by atoms with Crippen molar-refractivity contribution < 1.29 is 28.3 Å².